The van der Waals surface area contributed by atoms with Gasteiger partial charge >= 0.3 is 0 Å². The predicted molar refractivity (Wildman–Crippen MR) is 132 cm³/mol. The van der Waals surface area contributed by atoms with Gasteiger partial charge in [0.25, 0.3) is 5.91 Å². The Morgan fingerprint density at radius 2 is 1.94 bits per heavy atom. The third-order valence-corrected chi connectivity index (χ3v) is 6.52. The number of methoxy groups -OCH3 is 1. The van der Waals surface area contributed by atoms with Gasteiger partial charge in [0.05, 0.1) is 14.3 Å². The summed E-state index contributed by atoms with van der Waals surface area (Å²) >= 11 is 0. The van der Waals surface area contributed by atoms with Crippen LogP contribution in [0.3, 0.4) is 0 Å². The zero-order valence-corrected chi connectivity index (χ0v) is 20.7. The van der Waals surface area contributed by atoms with E-state index in [1.807, 2.05) is 13.0 Å². The number of aromatic nitrogens is 2. The molecular weight excluding hydrogens is 425 g/mol. The fraction of sp³-hybridized carbons (Fsp3) is 0.522. The third kappa shape index (κ3) is 7.83. The fourth-order valence-electron chi connectivity index (χ4n) is 3.37. The first-order valence-corrected chi connectivity index (χ1v) is 13.8. The normalized spacial score (nSPS) is 11.3. The van der Waals surface area contributed by atoms with Gasteiger partial charge in [0, 0.05) is 42.5 Å². The van der Waals surface area contributed by atoms with Crippen molar-refractivity contribution in [2.75, 3.05) is 50.7 Å². The van der Waals surface area contributed by atoms with E-state index in [2.05, 4.69) is 27.5 Å². The molecular formula is C23H36N5O3P. The summed E-state index contributed by atoms with van der Waals surface area (Å²) in [5.41, 5.74) is 9.00. The number of anilines is 2. The number of benzene rings is 1. The molecule has 176 valence electrons. The Kier molecular flexibility index (Phi) is 9.51. The number of nitrogens with two attached hydrogens (primary N) is 1. The van der Waals surface area contributed by atoms with Gasteiger partial charge in [-0.05, 0) is 56.9 Å². The maximum atomic E-state index is 12.7. The van der Waals surface area contributed by atoms with E-state index in [1.165, 1.54) is 0 Å². The SMILES string of the molecule is CCCCNc1nc(N)nc(C)c1Cc1cc(C(=O)NCCCP(C)(C)=O)ccc1OC. The predicted octanol–water partition coefficient (Wildman–Crippen LogP) is 3.92. The Balaban J connectivity index is 2.23. The molecule has 9 heteroatoms. The summed E-state index contributed by atoms with van der Waals surface area (Å²) in [6.45, 7) is 8.84. The Bertz CT molecular complexity index is 974. The minimum Gasteiger partial charge on any atom is -0.496 e. The lowest BCUT2D eigenvalue weighted by Crippen LogP contribution is -2.25. The average molecular weight is 462 g/mol. The van der Waals surface area contributed by atoms with E-state index in [0.717, 1.165) is 36.2 Å². The molecule has 0 saturated heterocycles. The molecule has 1 heterocycles. The quantitative estimate of drug-likeness (QED) is 0.324. The van der Waals surface area contributed by atoms with Crippen LogP contribution in [-0.4, -0.2) is 55.6 Å². The number of unbranched alkanes of at least 4 members (excludes halogenated alkanes) is 1. The van der Waals surface area contributed by atoms with E-state index in [4.69, 9.17) is 10.5 Å². The summed E-state index contributed by atoms with van der Waals surface area (Å²) in [5.74, 6) is 1.47. The molecule has 2 aromatic rings. The summed E-state index contributed by atoms with van der Waals surface area (Å²) in [7, 11) is -0.463. The number of carbonyl (C=O) groups excluding carboxylic acids is 1. The Hall–Kier alpha value is -2.60. The molecule has 2 rings (SSSR count). The van der Waals surface area contributed by atoms with Gasteiger partial charge in [0.2, 0.25) is 5.95 Å². The first-order chi connectivity index (χ1) is 15.1. The second-order valence-electron chi connectivity index (χ2n) is 8.39. The van der Waals surface area contributed by atoms with Crippen LogP contribution in [-0.2, 0) is 11.0 Å². The minimum atomic E-state index is -2.07. The molecule has 4 N–H and O–H groups in total. The second-order valence-corrected chi connectivity index (χ2v) is 12.0. The Morgan fingerprint density at radius 3 is 2.59 bits per heavy atom. The smallest absolute Gasteiger partial charge is 0.251 e. The number of nitrogens with zero attached hydrogens (tertiary/aromatic N) is 2. The van der Waals surface area contributed by atoms with Crippen LogP contribution >= 0.6 is 7.14 Å². The van der Waals surface area contributed by atoms with Crippen LogP contribution in [0.5, 0.6) is 5.75 Å². The van der Waals surface area contributed by atoms with Crippen molar-refractivity contribution in [1.29, 1.82) is 0 Å². The maximum Gasteiger partial charge on any atom is 0.251 e. The number of rotatable bonds is 12. The monoisotopic (exact) mass is 461 g/mol. The van der Waals surface area contributed by atoms with Gasteiger partial charge in [-0.1, -0.05) is 13.3 Å². The molecule has 0 bridgehead atoms. The molecule has 0 fully saturated rings. The van der Waals surface area contributed by atoms with Crippen molar-refractivity contribution in [3.63, 3.8) is 0 Å². The van der Waals surface area contributed by atoms with Crippen LogP contribution in [0.4, 0.5) is 11.8 Å². The van der Waals surface area contributed by atoms with E-state index >= 15 is 0 Å². The van der Waals surface area contributed by atoms with Crippen molar-refractivity contribution in [2.24, 2.45) is 0 Å². The van der Waals surface area contributed by atoms with Crippen molar-refractivity contribution in [3.8, 4) is 5.75 Å². The van der Waals surface area contributed by atoms with E-state index in [1.54, 1.807) is 32.6 Å². The number of ether oxygens (including phenoxy) is 1. The molecule has 1 amide bonds. The van der Waals surface area contributed by atoms with Crippen LogP contribution in [0, 0.1) is 6.92 Å². The lowest BCUT2D eigenvalue weighted by Gasteiger charge is -2.16. The van der Waals surface area contributed by atoms with Gasteiger partial charge in [-0.2, -0.15) is 4.98 Å². The number of carbonyl (C=O) groups is 1. The molecule has 0 aliphatic rings. The van der Waals surface area contributed by atoms with Gasteiger partial charge in [-0.15, -0.1) is 0 Å². The zero-order chi connectivity index (χ0) is 23.7. The topological polar surface area (TPSA) is 119 Å². The molecule has 0 saturated carbocycles. The molecule has 0 unspecified atom stereocenters. The average Bonchev–Trinajstić information content (AvgIpc) is 2.72. The highest BCUT2D eigenvalue weighted by atomic mass is 31.2. The lowest BCUT2D eigenvalue weighted by molar-refractivity contribution is 0.0953. The van der Waals surface area contributed by atoms with Crippen LogP contribution < -0.4 is 21.1 Å². The summed E-state index contributed by atoms with van der Waals surface area (Å²) in [4.78, 5) is 21.4. The van der Waals surface area contributed by atoms with Crippen molar-refractivity contribution < 1.29 is 14.1 Å². The highest BCUT2D eigenvalue weighted by molar-refractivity contribution is 7.62. The van der Waals surface area contributed by atoms with E-state index in [0.29, 0.717) is 42.7 Å². The van der Waals surface area contributed by atoms with Gasteiger partial charge in [0.15, 0.2) is 0 Å². The third-order valence-electron chi connectivity index (χ3n) is 5.12. The second kappa shape index (κ2) is 11.9. The fourth-order valence-corrected chi connectivity index (χ4v) is 4.29. The summed E-state index contributed by atoms with van der Waals surface area (Å²) in [6, 6.07) is 5.38. The first-order valence-electron chi connectivity index (χ1n) is 11.0. The highest BCUT2D eigenvalue weighted by Crippen LogP contribution is 2.36. The lowest BCUT2D eigenvalue weighted by atomic mass is 10.0. The number of amides is 1. The number of hydrogen-bond donors (Lipinski definition) is 3. The number of aryl methyl sites for hydroxylation is 1. The van der Waals surface area contributed by atoms with E-state index in [-0.39, 0.29) is 11.9 Å². The molecule has 0 atom stereocenters. The number of nitrogens with one attached hydrogen (secondary N) is 2. The van der Waals surface area contributed by atoms with Crippen molar-refractivity contribution >= 4 is 24.8 Å². The standard InChI is InChI=1S/C23H36N5O3P/c1-6-7-11-25-21-19(16(2)27-23(24)28-21)15-18-14-17(9-10-20(18)31-3)22(29)26-12-8-13-32(4,5)30/h9-10,14H,6-8,11-13,15H2,1-5H3,(H,26,29)(H3,24,25,27,28). The largest absolute Gasteiger partial charge is 0.496 e. The molecule has 1 aromatic carbocycles. The maximum absolute atomic E-state index is 12.7. The molecule has 1 aromatic heterocycles. The molecule has 8 nitrogen and oxygen atoms in total. The Morgan fingerprint density at radius 1 is 1.19 bits per heavy atom. The van der Waals surface area contributed by atoms with Crippen LogP contribution in [0.2, 0.25) is 0 Å². The first kappa shape index (κ1) is 25.7. The van der Waals surface area contributed by atoms with Crippen LogP contribution in [0.25, 0.3) is 0 Å². The van der Waals surface area contributed by atoms with Gasteiger partial charge in [0.1, 0.15) is 11.6 Å². The van der Waals surface area contributed by atoms with Crippen molar-refractivity contribution in [1.82, 2.24) is 15.3 Å². The minimum absolute atomic E-state index is 0.164. The molecule has 32 heavy (non-hydrogen) atoms. The molecule has 0 radical (unpaired) electrons. The van der Waals surface area contributed by atoms with E-state index in [9.17, 15) is 9.36 Å². The van der Waals surface area contributed by atoms with Crippen molar-refractivity contribution in [3.05, 3.63) is 40.6 Å². The molecule has 0 spiro atoms. The van der Waals surface area contributed by atoms with Gasteiger partial charge in [-0.3, -0.25) is 4.79 Å². The van der Waals surface area contributed by atoms with E-state index < -0.39 is 7.14 Å². The molecule has 0 aliphatic carbocycles. The van der Waals surface area contributed by atoms with Crippen molar-refractivity contribution in [2.45, 2.75) is 39.5 Å². The van der Waals surface area contributed by atoms with Crippen LogP contribution in [0.1, 0.15) is 53.4 Å². The Labute approximate surface area is 191 Å². The number of hydrogen-bond acceptors (Lipinski definition) is 7. The summed E-state index contributed by atoms with van der Waals surface area (Å²) in [6.07, 6.45) is 3.90. The highest BCUT2D eigenvalue weighted by Gasteiger charge is 2.16. The summed E-state index contributed by atoms with van der Waals surface area (Å²) < 4.78 is 17.4. The van der Waals surface area contributed by atoms with Crippen LogP contribution in [0.15, 0.2) is 18.2 Å². The summed E-state index contributed by atoms with van der Waals surface area (Å²) in [5, 5.41) is 6.27. The zero-order valence-electron chi connectivity index (χ0n) is 19.8. The van der Waals surface area contributed by atoms with Gasteiger partial charge < -0.3 is 25.7 Å². The number of nitrogen functional groups attached to an aromatic ring is 1. The molecule has 0 aliphatic heterocycles. The van der Waals surface area contributed by atoms with Gasteiger partial charge in [-0.25, -0.2) is 4.98 Å².